The topological polar surface area (TPSA) is 42.2 Å². The van der Waals surface area contributed by atoms with E-state index in [0.29, 0.717) is 6.04 Å². The van der Waals surface area contributed by atoms with E-state index in [2.05, 4.69) is 38.1 Å². The van der Waals surface area contributed by atoms with E-state index in [1.54, 1.807) is 11.8 Å². The third-order valence-electron chi connectivity index (χ3n) is 2.74. The maximum atomic E-state index is 4.70. The number of amidine groups is 1. The summed E-state index contributed by atoms with van der Waals surface area (Å²) in [6.07, 6.45) is 5.01. The summed E-state index contributed by atoms with van der Waals surface area (Å²) in [6.45, 7) is 8.58. The van der Waals surface area contributed by atoms with Gasteiger partial charge in [0.1, 0.15) is 0 Å². The summed E-state index contributed by atoms with van der Waals surface area (Å²) < 4.78 is 1.95. The summed E-state index contributed by atoms with van der Waals surface area (Å²) in [5.41, 5.74) is 1.07. The van der Waals surface area contributed by atoms with Gasteiger partial charge in [0.2, 0.25) is 0 Å². The molecule has 1 aromatic rings. The van der Waals surface area contributed by atoms with Gasteiger partial charge in [-0.3, -0.25) is 9.67 Å². The van der Waals surface area contributed by atoms with E-state index in [1.807, 2.05) is 17.1 Å². The molecule has 0 atom stereocenters. The number of anilines is 1. The van der Waals surface area contributed by atoms with E-state index >= 15 is 0 Å². The lowest BCUT2D eigenvalue weighted by Crippen LogP contribution is -2.27. The molecule has 0 aliphatic carbocycles. The molecule has 0 bridgehead atoms. The van der Waals surface area contributed by atoms with Gasteiger partial charge >= 0.3 is 0 Å². The zero-order valence-electron chi connectivity index (χ0n) is 10.9. The first-order chi connectivity index (χ1) is 7.96. The van der Waals surface area contributed by atoms with Crippen molar-refractivity contribution in [3.8, 4) is 0 Å². The van der Waals surface area contributed by atoms with Crippen molar-refractivity contribution in [1.82, 2.24) is 9.78 Å². The van der Waals surface area contributed by atoms with Crippen LogP contribution < -0.4 is 5.32 Å². The molecule has 0 unspecified atom stereocenters. The maximum Gasteiger partial charge on any atom is 0.161 e. The SMILES string of the molecule is CC(C)n1cc(NC2=NC(C)(C)CCS2)cn1. The molecule has 1 aliphatic heterocycles. The zero-order valence-corrected chi connectivity index (χ0v) is 11.7. The summed E-state index contributed by atoms with van der Waals surface area (Å²) in [4.78, 5) is 4.70. The van der Waals surface area contributed by atoms with Crippen LogP contribution in [0, 0.1) is 0 Å². The Labute approximate surface area is 107 Å². The first kappa shape index (κ1) is 12.5. The third kappa shape index (κ3) is 3.25. The molecular weight excluding hydrogens is 232 g/mol. The molecule has 2 heterocycles. The van der Waals surface area contributed by atoms with Crippen LogP contribution in [0.15, 0.2) is 17.4 Å². The van der Waals surface area contributed by atoms with Crippen molar-refractivity contribution in [3.05, 3.63) is 12.4 Å². The monoisotopic (exact) mass is 252 g/mol. The fraction of sp³-hybridized carbons (Fsp3) is 0.667. The first-order valence-electron chi connectivity index (χ1n) is 6.00. The van der Waals surface area contributed by atoms with Gasteiger partial charge in [0.15, 0.2) is 5.17 Å². The predicted octanol–water partition coefficient (Wildman–Crippen LogP) is 3.15. The highest BCUT2D eigenvalue weighted by Gasteiger charge is 2.22. The molecule has 4 nitrogen and oxygen atoms in total. The second-order valence-electron chi connectivity index (χ2n) is 5.26. The largest absolute Gasteiger partial charge is 0.332 e. The highest BCUT2D eigenvalue weighted by molar-refractivity contribution is 8.14. The van der Waals surface area contributed by atoms with E-state index in [1.165, 1.54) is 0 Å². The summed E-state index contributed by atoms with van der Waals surface area (Å²) in [7, 11) is 0. The lowest BCUT2D eigenvalue weighted by Gasteiger charge is -2.26. The smallest absolute Gasteiger partial charge is 0.161 e. The molecule has 0 radical (unpaired) electrons. The molecule has 5 heteroatoms. The Bertz CT molecular complexity index is 420. The number of rotatable bonds is 2. The molecule has 0 fully saturated rings. The van der Waals surface area contributed by atoms with Crippen LogP contribution >= 0.6 is 11.8 Å². The average molecular weight is 252 g/mol. The van der Waals surface area contributed by atoms with Crippen molar-refractivity contribution in [3.63, 3.8) is 0 Å². The van der Waals surface area contributed by atoms with Gasteiger partial charge < -0.3 is 5.32 Å². The number of nitrogens with one attached hydrogen (secondary N) is 1. The normalized spacial score (nSPS) is 19.2. The summed E-state index contributed by atoms with van der Waals surface area (Å²) in [5.74, 6) is 1.12. The highest BCUT2D eigenvalue weighted by atomic mass is 32.2. The Kier molecular flexibility index (Phi) is 3.47. The number of hydrogen-bond acceptors (Lipinski definition) is 4. The molecule has 0 saturated heterocycles. The van der Waals surface area contributed by atoms with Gasteiger partial charge in [0.05, 0.1) is 17.4 Å². The Morgan fingerprint density at radius 2 is 2.24 bits per heavy atom. The summed E-state index contributed by atoms with van der Waals surface area (Å²) in [6, 6.07) is 0.392. The van der Waals surface area contributed by atoms with E-state index in [4.69, 9.17) is 4.99 Å². The minimum Gasteiger partial charge on any atom is -0.332 e. The number of hydrogen-bond donors (Lipinski definition) is 1. The standard InChI is InChI=1S/C12H20N4S/c1-9(2)16-8-10(7-13-16)14-11-15-12(3,4)5-6-17-11/h7-9H,5-6H2,1-4H3,(H,14,15). The van der Waals surface area contributed by atoms with Gasteiger partial charge in [-0.25, -0.2) is 0 Å². The van der Waals surface area contributed by atoms with Crippen LogP contribution in [0.3, 0.4) is 0 Å². The number of aliphatic imine (C=N–C) groups is 1. The minimum atomic E-state index is 0.0572. The van der Waals surface area contributed by atoms with Crippen LogP contribution in [0.25, 0.3) is 0 Å². The quantitative estimate of drug-likeness (QED) is 0.879. The van der Waals surface area contributed by atoms with Crippen LogP contribution in [0.2, 0.25) is 0 Å². The van der Waals surface area contributed by atoms with Crippen molar-refractivity contribution in [2.45, 2.75) is 45.7 Å². The molecule has 0 spiro atoms. The van der Waals surface area contributed by atoms with Crippen LogP contribution in [0.5, 0.6) is 0 Å². The van der Waals surface area contributed by atoms with Crippen LogP contribution in [0.4, 0.5) is 5.69 Å². The Morgan fingerprint density at radius 1 is 1.47 bits per heavy atom. The molecule has 1 N–H and O–H groups in total. The van der Waals surface area contributed by atoms with Gasteiger partial charge in [0.25, 0.3) is 0 Å². The molecule has 2 rings (SSSR count). The number of thioether (sulfide) groups is 1. The van der Waals surface area contributed by atoms with E-state index < -0.39 is 0 Å². The fourth-order valence-electron chi connectivity index (χ4n) is 1.63. The van der Waals surface area contributed by atoms with Crippen molar-refractivity contribution < 1.29 is 0 Å². The van der Waals surface area contributed by atoms with Gasteiger partial charge in [0, 0.05) is 18.0 Å². The highest BCUT2D eigenvalue weighted by Crippen LogP contribution is 2.26. The number of aromatic nitrogens is 2. The van der Waals surface area contributed by atoms with Crippen molar-refractivity contribution in [2.24, 2.45) is 4.99 Å². The van der Waals surface area contributed by atoms with Crippen molar-refractivity contribution in [2.75, 3.05) is 11.1 Å². The second kappa shape index (κ2) is 4.72. The summed E-state index contributed by atoms with van der Waals surface area (Å²) in [5, 5.41) is 8.65. The lowest BCUT2D eigenvalue weighted by molar-refractivity contribution is 0.507. The Balaban J connectivity index is 2.07. The van der Waals surface area contributed by atoms with Gasteiger partial charge in [-0.05, 0) is 34.1 Å². The van der Waals surface area contributed by atoms with Gasteiger partial charge in [-0.2, -0.15) is 5.10 Å². The maximum absolute atomic E-state index is 4.70. The predicted molar refractivity (Wildman–Crippen MR) is 74.8 cm³/mol. The minimum absolute atomic E-state index is 0.0572. The molecule has 1 aromatic heterocycles. The molecule has 17 heavy (non-hydrogen) atoms. The molecular formula is C12H20N4S. The number of nitrogens with zero attached hydrogens (tertiary/aromatic N) is 3. The summed E-state index contributed by atoms with van der Waals surface area (Å²) >= 11 is 1.78. The second-order valence-corrected chi connectivity index (χ2v) is 6.34. The van der Waals surface area contributed by atoms with Crippen LogP contribution in [-0.2, 0) is 0 Å². The van der Waals surface area contributed by atoms with E-state index in [-0.39, 0.29) is 5.54 Å². The zero-order chi connectivity index (χ0) is 12.5. The van der Waals surface area contributed by atoms with Crippen LogP contribution in [0.1, 0.15) is 40.2 Å². The first-order valence-corrected chi connectivity index (χ1v) is 6.99. The lowest BCUT2D eigenvalue weighted by atomic mass is 10.0. The van der Waals surface area contributed by atoms with Crippen LogP contribution in [-0.4, -0.2) is 26.2 Å². The van der Waals surface area contributed by atoms with Gasteiger partial charge in [-0.15, -0.1) is 0 Å². The molecule has 94 valence electrons. The van der Waals surface area contributed by atoms with Crippen molar-refractivity contribution >= 4 is 22.6 Å². The van der Waals surface area contributed by atoms with Crippen molar-refractivity contribution in [1.29, 1.82) is 0 Å². The Morgan fingerprint density at radius 3 is 2.82 bits per heavy atom. The van der Waals surface area contributed by atoms with Gasteiger partial charge in [-0.1, -0.05) is 11.8 Å². The fourth-order valence-corrected chi connectivity index (χ4v) is 2.93. The molecule has 0 aromatic carbocycles. The third-order valence-corrected chi connectivity index (χ3v) is 3.61. The van der Waals surface area contributed by atoms with E-state index in [0.717, 1.165) is 23.0 Å². The molecule has 0 amide bonds. The Hall–Kier alpha value is -0.970. The average Bonchev–Trinajstić information content (AvgIpc) is 2.64. The molecule has 1 aliphatic rings. The molecule has 0 saturated carbocycles. The van der Waals surface area contributed by atoms with E-state index in [9.17, 15) is 0 Å².